The number of rotatable bonds is 5. The van der Waals surface area contributed by atoms with Crippen LogP contribution in [0.4, 0.5) is 10.1 Å². The van der Waals surface area contributed by atoms with Gasteiger partial charge in [-0.15, -0.1) is 0 Å². The summed E-state index contributed by atoms with van der Waals surface area (Å²) in [5, 5.41) is 3.83. The van der Waals surface area contributed by atoms with Crippen LogP contribution in [0, 0.1) is 5.82 Å². The van der Waals surface area contributed by atoms with Crippen molar-refractivity contribution in [3.05, 3.63) is 60.5 Å². The molecule has 1 atom stereocenters. The van der Waals surface area contributed by atoms with Crippen LogP contribution in [0.1, 0.15) is 6.92 Å². The van der Waals surface area contributed by atoms with Crippen molar-refractivity contribution in [2.75, 3.05) is 11.1 Å². The molecule has 0 bridgehead atoms. The molecule has 1 unspecified atom stereocenters. The largest absolute Gasteiger partial charge is 0.478 e. The van der Waals surface area contributed by atoms with E-state index in [2.05, 4.69) is 14.9 Å². The summed E-state index contributed by atoms with van der Waals surface area (Å²) in [6.45, 7) is 2.57. The Morgan fingerprint density at radius 2 is 2.04 bits per heavy atom. The average Bonchev–Trinajstić information content (AvgIpc) is 3.26. The number of benzene rings is 2. The number of halogens is 1. The highest BCUT2D eigenvalue weighted by molar-refractivity contribution is 7.99. The average molecular weight is 383 g/mol. The molecule has 0 aliphatic carbocycles. The van der Waals surface area contributed by atoms with E-state index < -0.39 is 11.9 Å². The van der Waals surface area contributed by atoms with Gasteiger partial charge in [0.2, 0.25) is 0 Å². The Bertz CT molecular complexity index is 950. The number of para-hydroxylation sites is 1. The molecule has 1 aliphatic heterocycles. The number of carbonyl (C=O) groups excluding carboxylic acids is 1. The van der Waals surface area contributed by atoms with Gasteiger partial charge in [0.25, 0.3) is 5.91 Å². The molecule has 4 rings (SSSR count). The standard InChI is InChI=1S/C20H18FN3O2S/c1-13(26-18-5-3-2-4-16(18)21)19(25)22-15-8-6-14(7-9-15)17-12-24-10-11-27-20(24)23-17/h2-9,12-13H,10-11H2,1H3,(H,22,25). The van der Waals surface area contributed by atoms with Crippen molar-refractivity contribution >= 4 is 23.4 Å². The zero-order chi connectivity index (χ0) is 18.8. The van der Waals surface area contributed by atoms with Gasteiger partial charge in [-0.2, -0.15) is 0 Å². The lowest BCUT2D eigenvalue weighted by atomic mass is 10.1. The van der Waals surface area contributed by atoms with E-state index in [-0.39, 0.29) is 11.7 Å². The molecule has 2 heterocycles. The number of fused-ring (bicyclic) bond motifs is 1. The van der Waals surface area contributed by atoms with Gasteiger partial charge in [-0.05, 0) is 31.2 Å². The molecule has 0 saturated heterocycles. The van der Waals surface area contributed by atoms with Crippen molar-refractivity contribution in [3.63, 3.8) is 0 Å². The van der Waals surface area contributed by atoms with Crippen LogP contribution in [0.3, 0.4) is 0 Å². The molecular formula is C20H18FN3O2S. The van der Waals surface area contributed by atoms with E-state index in [1.807, 2.05) is 30.5 Å². The molecule has 5 nitrogen and oxygen atoms in total. The van der Waals surface area contributed by atoms with Crippen molar-refractivity contribution in [3.8, 4) is 17.0 Å². The van der Waals surface area contributed by atoms with Crippen molar-refractivity contribution in [1.82, 2.24) is 9.55 Å². The number of imidazole rings is 1. The molecule has 0 saturated carbocycles. The second-order valence-corrected chi connectivity index (χ2v) is 7.27. The fourth-order valence-corrected chi connectivity index (χ4v) is 3.74. The number of carbonyl (C=O) groups is 1. The van der Waals surface area contributed by atoms with E-state index in [4.69, 9.17) is 4.74 Å². The summed E-state index contributed by atoms with van der Waals surface area (Å²) in [7, 11) is 0. The number of amides is 1. The van der Waals surface area contributed by atoms with Gasteiger partial charge in [0, 0.05) is 29.7 Å². The minimum atomic E-state index is -0.824. The van der Waals surface area contributed by atoms with E-state index in [0.717, 1.165) is 28.7 Å². The molecule has 27 heavy (non-hydrogen) atoms. The van der Waals surface area contributed by atoms with E-state index >= 15 is 0 Å². The summed E-state index contributed by atoms with van der Waals surface area (Å²) in [5.41, 5.74) is 2.56. The lowest BCUT2D eigenvalue weighted by Gasteiger charge is -2.15. The smallest absolute Gasteiger partial charge is 0.265 e. The third kappa shape index (κ3) is 3.83. The third-order valence-corrected chi connectivity index (χ3v) is 5.23. The van der Waals surface area contributed by atoms with Crippen LogP contribution in [0.2, 0.25) is 0 Å². The quantitative estimate of drug-likeness (QED) is 0.717. The molecule has 138 valence electrons. The lowest BCUT2D eigenvalue weighted by molar-refractivity contribution is -0.122. The predicted molar refractivity (Wildman–Crippen MR) is 104 cm³/mol. The normalized spacial score (nSPS) is 13.9. The fraction of sp³-hybridized carbons (Fsp3) is 0.200. The van der Waals surface area contributed by atoms with Crippen LogP contribution >= 0.6 is 11.8 Å². The van der Waals surface area contributed by atoms with Crippen molar-refractivity contribution < 1.29 is 13.9 Å². The number of thioether (sulfide) groups is 1. The van der Waals surface area contributed by atoms with Crippen LogP contribution in [0.5, 0.6) is 5.75 Å². The highest BCUT2D eigenvalue weighted by atomic mass is 32.2. The summed E-state index contributed by atoms with van der Waals surface area (Å²) in [6, 6.07) is 13.5. The maximum atomic E-state index is 13.6. The SMILES string of the molecule is CC(Oc1ccccc1F)C(=O)Nc1ccc(-c2cn3c(n2)SCC3)cc1. The second kappa shape index (κ2) is 7.44. The minimum absolute atomic E-state index is 0.0567. The molecule has 0 radical (unpaired) electrons. The van der Waals surface area contributed by atoms with Gasteiger partial charge in [0.15, 0.2) is 22.8 Å². The summed E-state index contributed by atoms with van der Waals surface area (Å²) in [5.74, 6) is 0.289. The van der Waals surface area contributed by atoms with Crippen LogP contribution in [0.25, 0.3) is 11.3 Å². The van der Waals surface area contributed by atoms with Crippen LogP contribution in [0.15, 0.2) is 59.9 Å². The van der Waals surface area contributed by atoms with Crippen LogP contribution < -0.4 is 10.1 Å². The Morgan fingerprint density at radius 1 is 1.26 bits per heavy atom. The first-order valence-electron chi connectivity index (χ1n) is 8.62. The number of hydrogen-bond donors (Lipinski definition) is 1. The van der Waals surface area contributed by atoms with Crippen molar-refractivity contribution in [2.24, 2.45) is 0 Å². The highest BCUT2D eigenvalue weighted by Gasteiger charge is 2.17. The lowest BCUT2D eigenvalue weighted by Crippen LogP contribution is -2.30. The van der Waals surface area contributed by atoms with Crippen molar-refractivity contribution in [2.45, 2.75) is 24.7 Å². The second-order valence-electron chi connectivity index (χ2n) is 6.21. The summed E-state index contributed by atoms with van der Waals surface area (Å²) in [4.78, 5) is 16.9. The van der Waals surface area contributed by atoms with E-state index in [1.54, 1.807) is 30.8 Å². The first-order chi connectivity index (χ1) is 13.1. The Hall–Kier alpha value is -2.80. The van der Waals surface area contributed by atoms with E-state index in [9.17, 15) is 9.18 Å². The van der Waals surface area contributed by atoms with Gasteiger partial charge >= 0.3 is 0 Å². The monoisotopic (exact) mass is 383 g/mol. The predicted octanol–water partition coefficient (Wildman–Crippen LogP) is 4.20. The number of nitrogens with one attached hydrogen (secondary N) is 1. The number of ether oxygens (including phenoxy) is 1. The molecular weight excluding hydrogens is 365 g/mol. The Balaban J connectivity index is 1.40. The first kappa shape index (κ1) is 17.6. The summed E-state index contributed by atoms with van der Waals surface area (Å²) >= 11 is 1.75. The highest BCUT2D eigenvalue weighted by Crippen LogP contribution is 2.29. The zero-order valence-electron chi connectivity index (χ0n) is 14.7. The van der Waals surface area contributed by atoms with Gasteiger partial charge < -0.3 is 14.6 Å². The van der Waals surface area contributed by atoms with E-state index in [0.29, 0.717) is 5.69 Å². The number of nitrogens with zero attached hydrogens (tertiary/aromatic N) is 2. The van der Waals surface area contributed by atoms with Gasteiger partial charge in [0.05, 0.1) is 5.69 Å². The molecule has 1 aliphatic rings. The third-order valence-electron chi connectivity index (χ3n) is 4.26. The Morgan fingerprint density at radius 3 is 2.78 bits per heavy atom. The number of aryl methyl sites for hydroxylation is 1. The van der Waals surface area contributed by atoms with Gasteiger partial charge in [-0.25, -0.2) is 9.37 Å². The maximum absolute atomic E-state index is 13.6. The number of anilines is 1. The molecule has 1 N–H and O–H groups in total. The summed E-state index contributed by atoms with van der Waals surface area (Å²) in [6.07, 6.45) is 1.22. The summed E-state index contributed by atoms with van der Waals surface area (Å²) < 4.78 is 21.2. The molecule has 2 aromatic carbocycles. The van der Waals surface area contributed by atoms with E-state index in [1.165, 1.54) is 12.1 Å². The minimum Gasteiger partial charge on any atom is -0.478 e. The number of hydrogen-bond acceptors (Lipinski definition) is 4. The van der Waals surface area contributed by atoms with Gasteiger partial charge in [0.1, 0.15) is 0 Å². The molecule has 1 aromatic heterocycles. The van der Waals surface area contributed by atoms with Crippen LogP contribution in [-0.4, -0.2) is 27.3 Å². The molecule has 3 aromatic rings. The number of aromatic nitrogens is 2. The molecule has 0 fully saturated rings. The molecule has 1 amide bonds. The Labute approximate surface area is 160 Å². The topological polar surface area (TPSA) is 56.1 Å². The van der Waals surface area contributed by atoms with Crippen LogP contribution in [-0.2, 0) is 11.3 Å². The van der Waals surface area contributed by atoms with Crippen molar-refractivity contribution in [1.29, 1.82) is 0 Å². The molecule has 0 spiro atoms. The van der Waals surface area contributed by atoms with Gasteiger partial charge in [-0.3, -0.25) is 4.79 Å². The first-order valence-corrected chi connectivity index (χ1v) is 9.61. The molecule has 7 heteroatoms. The van der Waals surface area contributed by atoms with Gasteiger partial charge in [-0.1, -0.05) is 36.0 Å². The maximum Gasteiger partial charge on any atom is 0.265 e. The fourth-order valence-electron chi connectivity index (χ4n) is 2.80. The Kier molecular flexibility index (Phi) is 4.85. The zero-order valence-corrected chi connectivity index (χ0v) is 15.5.